The number of carboxylic acids is 1. The Kier molecular flexibility index (Phi) is 5.24. The summed E-state index contributed by atoms with van der Waals surface area (Å²) in [6.07, 6.45) is -1.30. The third-order valence-corrected chi connectivity index (χ3v) is 3.37. The molecule has 2 atom stereocenters. The molecular weight excluding hydrogens is 302 g/mol. The smallest absolute Gasteiger partial charge is 0.328 e. The molecule has 0 aliphatic rings. The number of nitrogens with two attached hydrogens (primary N) is 1. The molecule has 2 unspecified atom stereocenters. The van der Waals surface area contributed by atoms with Gasteiger partial charge in [0.2, 0.25) is 10.0 Å². The number of rotatable bonds is 5. The van der Waals surface area contributed by atoms with E-state index >= 15 is 0 Å². The molecule has 10 heteroatoms. The van der Waals surface area contributed by atoms with Crippen LogP contribution in [0.4, 0.5) is 10.5 Å². The lowest BCUT2D eigenvalue weighted by Gasteiger charge is -2.17. The lowest BCUT2D eigenvalue weighted by atomic mass is 10.2. The fourth-order valence-electron chi connectivity index (χ4n) is 1.45. The molecular formula is C11H15N3O6S. The minimum Gasteiger partial charge on any atom is -0.480 e. The number of hydrogen-bond donors (Lipinski definition) is 5. The number of aliphatic carboxylic acids is 1. The Labute approximate surface area is 120 Å². The van der Waals surface area contributed by atoms with Crippen molar-refractivity contribution in [1.29, 1.82) is 0 Å². The number of amides is 2. The lowest BCUT2D eigenvalue weighted by molar-refractivity contribution is -0.141. The molecule has 0 aromatic heterocycles. The summed E-state index contributed by atoms with van der Waals surface area (Å²) in [4.78, 5) is 22.2. The number of primary sulfonamides is 1. The van der Waals surface area contributed by atoms with Gasteiger partial charge in [-0.3, -0.25) is 0 Å². The summed E-state index contributed by atoms with van der Waals surface area (Å²) in [7, 11) is -3.92. The minimum atomic E-state index is -3.92. The predicted molar refractivity (Wildman–Crippen MR) is 73.1 cm³/mol. The zero-order valence-corrected chi connectivity index (χ0v) is 11.8. The number of anilines is 1. The van der Waals surface area contributed by atoms with Crippen LogP contribution in [-0.2, 0) is 14.8 Å². The number of benzene rings is 1. The Hall–Kier alpha value is -2.17. The second kappa shape index (κ2) is 6.52. The van der Waals surface area contributed by atoms with Crippen LogP contribution in [0.1, 0.15) is 6.92 Å². The zero-order chi connectivity index (χ0) is 16.2. The van der Waals surface area contributed by atoms with E-state index in [1.165, 1.54) is 25.1 Å². The first-order valence-corrected chi connectivity index (χ1v) is 7.27. The highest BCUT2D eigenvalue weighted by Crippen LogP contribution is 2.13. The van der Waals surface area contributed by atoms with E-state index in [1.807, 2.05) is 5.32 Å². The van der Waals surface area contributed by atoms with Crippen molar-refractivity contribution in [2.24, 2.45) is 5.14 Å². The summed E-state index contributed by atoms with van der Waals surface area (Å²) in [6, 6.07) is 2.72. The van der Waals surface area contributed by atoms with Crippen molar-refractivity contribution in [1.82, 2.24) is 5.32 Å². The fourth-order valence-corrected chi connectivity index (χ4v) is 2.01. The second-order valence-electron chi connectivity index (χ2n) is 4.23. The summed E-state index contributed by atoms with van der Waals surface area (Å²) >= 11 is 0. The quantitative estimate of drug-likeness (QED) is 0.482. The van der Waals surface area contributed by atoms with Crippen LogP contribution in [0.5, 0.6) is 0 Å². The van der Waals surface area contributed by atoms with Gasteiger partial charge in [-0.1, -0.05) is 6.07 Å². The van der Waals surface area contributed by atoms with Crippen molar-refractivity contribution in [2.75, 3.05) is 5.32 Å². The van der Waals surface area contributed by atoms with Gasteiger partial charge in [-0.2, -0.15) is 0 Å². The molecule has 0 fully saturated rings. The third kappa shape index (κ3) is 5.02. The molecule has 0 heterocycles. The van der Waals surface area contributed by atoms with Crippen LogP contribution >= 0.6 is 0 Å². The topological polar surface area (TPSA) is 159 Å². The maximum Gasteiger partial charge on any atom is 0.328 e. The van der Waals surface area contributed by atoms with Crippen LogP contribution < -0.4 is 15.8 Å². The Balaban J connectivity index is 2.82. The molecule has 0 aliphatic carbocycles. The fraction of sp³-hybridized carbons (Fsp3) is 0.273. The highest BCUT2D eigenvalue weighted by molar-refractivity contribution is 7.89. The van der Waals surface area contributed by atoms with Crippen molar-refractivity contribution < 1.29 is 28.2 Å². The zero-order valence-electron chi connectivity index (χ0n) is 11.0. The van der Waals surface area contributed by atoms with Crippen molar-refractivity contribution >= 4 is 27.7 Å². The lowest BCUT2D eigenvalue weighted by Crippen LogP contribution is -2.49. The van der Waals surface area contributed by atoms with E-state index < -0.39 is 34.2 Å². The predicted octanol–water partition coefficient (Wildman–Crippen LogP) is -0.710. The summed E-state index contributed by atoms with van der Waals surface area (Å²) in [5, 5.41) is 27.3. The van der Waals surface area contributed by atoms with Gasteiger partial charge in [0, 0.05) is 5.69 Å². The van der Waals surface area contributed by atoms with E-state index in [4.69, 9.17) is 10.2 Å². The van der Waals surface area contributed by atoms with Gasteiger partial charge < -0.3 is 20.8 Å². The Morgan fingerprint density at radius 1 is 1.33 bits per heavy atom. The molecule has 1 aromatic rings. The van der Waals surface area contributed by atoms with Gasteiger partial charge in [-0.25, -0.2) is 23.1 Å². The monoisotopic (exact) mass is 317 g/mol. The molecule has 6 N–H and O–H groups in total. The first-order chi connectivity index (χ1) is 9.61. The molecule has 0 aliphatic heterocycles. The Morgan fingerprint density at radius 2 is 1.95 bits per heavy atom. The average molecular weight is 317 g/mol. The maximum absolute atomic E-state index is 11.6. The SMILES string of the molecule is CC(O)C(NC(=O)Nc1cccc(S(N)(=O)=O)c1)C(=O)O. The number of carboxylic acid groups (broad SMARTS) is 1. The molecule has 9 nitrogen and oxygen atoms in total. The van der Waals surface area contributed by atoms with E-state index in [0.29, 0.717) is 0 Å². The number of aliphatic hydroxyl groups is 1. The van der Waals surface area contributed by atoms with E-state index in [0.717, 1.165) is 6.07 Å². The number of carbonyl (C=O) groups excluding carboxylic acids is 1. The first kappa shape index (κ1) is 16.9. The summed E-state index contributed by atoms with van der Waals surface area (Å²) in [6.45, 7) is 1.21. The maximum atomic E-state index is 11.6. The Bertz CT molecular complexity index is 643. The molecule has 0 spiro atoms. The largest absolute Gasteiger partial charge is 0.480 e. The van der Waals surface area contributed by atoms with E-state index in [2.05, 4.69) is 5.32 Å². The van der Waals surface area contributed by atoms with Crippen molar-refractivity contribution in [3.63, 3.8) is 0 Å². The van der Waals surface area contributed by atoms with Crippen molar-refractivity contribution in [3.8, 4) is 0 Å². The number of aliphatic hydroxyl groups excluding tert-OH is 1. The van der Waals surface area contributed by atoms with E-state index in [-0.39, 0.29) is 10.6 Å². The van der Waals surface area contributed by atoms with Crippen LogP contribution in [0.3, 0.4) is 0 Å². The Morgan fingerprint density at radius 3 is 2.43 bits per heavy atom. The van der Waals surface area contributed by atoms with Gasteiger partial charge in [0.1, 0.15) is 0 Å². The normalized spacial score (nSPS) is 14.0. The molecule has 0 saturated heterocycles. The van der Waals surface area contributed by atoms with Gasteiger partial charge in [-0.05, 0) is 25.1 Å². The molecule has 21 heavy (non-hydrogen) atoms. The van der Waals surface area contributed by atoms with Crippen LogP contribution in [0.2, 0.25) is 0 Å². The van der Waals surface area contributed by atoms with Gasteiger partial charge in [0.05, 0.1) is 11.0 Å². The highest BCUT2D eigenvalue weighted by Gasteiger charge is 2.25. The summed E-state index contributed by atoms with van der Waals surface area (Å²) in [5.41, 5.74) is 0.105. The van der Waals surface area contributed by atoms with Gasteiger partial charge in [-0.15, -0.1) is 0 Å². The van der Waals surface area contributed by atoms with Gasteiger partial charge in [0.25, 0.3) is 0 Å². The van der Waals surface area contributed by atoms with Gasteiger partial charge in [0.15, 0.2) is 6.04 Å². The molecule has 1 rings (SSSR count). The van der Waals surface area contributed by atoms with Crippen LogP contribution in [-0.4, -0.2) is 42.8 Å². The minimum absolute atomic E-state index is 0.105. The number of urea groups is 1. The van der Waals surface area contributed by atoms with E-state index in [1.54, 1.807) is 0 Å². The number of nitrogens with one attached hydrogen (secondary N) is 2. The van der Waals surface area contributed by atoms with Gasteiger partial charge >= 0.3 is 12.0 Å². The third-order valence-electron chi connectivity index (χ3n) is 2.46. The van der Waals surface area contributed by atoms with Crippen molar-refractivity contribution in [3.05, 3.63) is 24.3 Å². The summed E-state index contributed by atoms with van der Waals surface area (Å²) < 4.78 is 22.3. The first-order valence-electron chi connectivity index (χ1n) is 5.72. The summed E-state index contributed by atoms with van der Waals surface area (Å²) in [5.74, 6) is -1.40. The molecule has 116 valence electrons. The molecule has 0 saturated carbocycles. The highest BCUT2D eigenvalue weighted by atomic mass is 32.2. The molecule has 2 amide bonds. The molecule has 0 radical (unpaired) electrons. The van der Waals surface area contributed by atoms with E-state index in [9.17, 15) is 23.1 Å². The number of sulfonamides is 1. The molecule has 1 aromatic carbocycles. The van der Waals surface area contributed by atoms with Crippen LogP contribution in [0, 0.1) is 0 Å². The number of hydrogen-bond acceptors (Lipinski definition) is 5. The second-order valence-corrected chi connectivity index (χ2v) is 5.79. The molecule has 0 bridgehead atoms. The van der Waals surface area contributed by atoms with Crippen molar-refractivity contribution in [2.45, 2.75) is 24.0 Å². The standard InChI is InChI=1S/C11H15N3O6S/c1-6(15)9(10(16)17)14-11(18)13-7-3-2-4-8(5-7)21(12,19)20/h2-6,9,15H,1H3,(H,16,17)(H2,12,19,20)(H2,13,14,18). The van der Waals surface area contributed by atoms with Crippen LogP contribution in [0.15, 0.2) is 29.2 Å². The average Bonchev–Trinajstić information content (AvgIpc) is 2.34. The van der Waals surface area contributed by atoms with Crippen LogP contribution in [0.25, 0.3) is 0 Å². The number of carbonyl (C=O) groups is 2.